The standard InChI is InChI=1S/C31H41N5O5/c1-19(2)32-31(40)35(6)17-28-20(3)15-36(21(4)18-37)30(39)25-14-23(11-12-27(25)41-28)33-29(38)13-22-16-34(5)26-10-8-7-9-24(22)26/h7-12,14,16,19-21,28,37H,13,15,17-18H2,1-6H3,(H,32,40)(H,33,38)/t20-,21-,28-/m0/s1. The predicted molar refractivity (Wildman–Crippen MR) is 159 cm³/mol. The van der Waals surface area contributed by atoms with Gasteiger partial charge in [0.15, 0.2) is 0 Å². The number of hydrogen-bond acceptors (Lipinski definition) is 5. The van der Waals surface area contributed by atoms with Gasteiger partial charge in [0, 0.05) is 55.4 Å². The van der Waals surface area contributed by atoms with Crippen LogP contribution in [0.3, 0.4) is 0 Å². The Balaban J connectivity index is 1.59. The zero-order chi connectivity index (χ0) is 29.8. The number of urea groups is 1. The Labute approximate surface area is 241 Å². The van der Waals surface area contributed by atoms with Crippen LogP contribution in [0.1, 0.15) is 43.6 Å². The number of ether oxygens (including phenoxy) is 1. The quantitative estimate of drug-likeness (QED) is 0.387. The molecule has 2 heterocycles. The minimum Gasteiger partial charge on any atom is -0.487 e. The van der Waals surface area contributed by atoms with E-state index in [0.717, 1.165) is 16.5 Å². The molecule has 3 atom stereocenters. The molecule has 0 bridgehead atoms. The Hall–Kier alpha value is -4.05. The lowest BCUT2D eigenvalue weighted by Crippen LogP contribution is -2.51. The SMILES string of the molecule is CC(C)NC(=O)N(C)C[C@@H]1Oc2ccc(NC(=O)Cc3cn(C)c4ccccc34)cc2C(=O)N([C@@H](C)CO)C[C@@H]1C. The number of rotatable bonds is 8. The minimum atomic E-state index is -0.428. The van der Waals surface area contributed by atoms with Crippen LogP contribution in [0.2, 0.25) is 0 Å². The Kier molecular flexibility index (Phi) is 9.22. The molecule has 10 heteroatoms. The first-order chi connectivity index (χ1) is 19.5. The third-order valence-electron chi connectivity index (χ3n) is 7.49. The van der Waals surface area contributed by atoms with Crippen LogP contribution in [0, 0.1) is 5.92 Å². The first-order valence-electron chi connectivity index (χ1n) is 14.0. The number of aromatic nitrogens is 1. The number of nitrogens with one attached hydrogen (secondary N) is 2. The van der Waals surface area contributed by atoms with Gasteiger partial charge in [0.2, 0.25) is 5.91 Å². The Morgan fingerprint density at radius 3 is 2.61 bits per heavy atom. The normalized spacial score (nSPS) is 17.9. The molecule has 0 aliphatic carbocycles. The van der Waals surface area contributed by atoms with Crippen molar-refractivity contribution in [1.82, 2.24) is 19.7 Å². The molecule has 220 valence electrons. The lowest BCUT2D eigenvalue weighted by Gasteiger charge is -2.38. The van der Waals surface area contributed by atoms with Crippen molar-refractivity contribution in [3.8, 4) is 5.75 Å². The van der Waals surface area contributed by atoms with Gasteiger partial charge in [0.25, 0.3) is 5.91 Å². The van der Waals surface area contributed by atoms with Crippen LogP contribution >= 0.6 is 0 Å². The van der Waals surface area contributed by atoms with Gasteiger partial charge in [-0.3, -0.25) is 9.59 Å². The number of carbonyl (C=O) groups excluding carboxylic acids is 3. The van der Waals surface area contributed by atoms with Gasteiger partial charge in [-0.05, 0) is 50.6 Å². The number of aryl methyl sites for hydroxylation is 1. The monoisotopic (exact) mass is 563 g/mol. The molecule has 41 heavy (non-hydrogen) atoms. The Bertz CT molecular complexity index is 1420. The van der Waals surface area contributed by atoms with Gasteiger partial charge >= 0.3 is 6.03 Å². The summed E-state index contributed by atoms with van der Waals surface area (Å²) in [4.78, 5) is 42.6. The molecule has 0 unspecified atom stereocenters. The van der Waals surface area contributed by atoms with Crippen LogP contribution in [0.15, 0.2) is 48.7 Å². The van der Waals surface area contributed by atoms with Crippen LogP contribution in [-0.2, 0) is 18.3 Å². The van der Waals surface area contributed by atoms with Crippen molar-refractivity contribution in [3.05, 3.63) is 59.8 Å². The number of hydrogen-bond donors (Lipinski definition) is 3. The zero-order valence-electron chi connectivity index (χ0n) is 24.7. The summed E-state index contributed by atoms with van der Waals surface area (Å²) in [5.74, 6) is -0.254. The van der Waals surface area contributed by atoms with Crippen LogP contribution in [-0.4, -0.2) is 82.3 Å². The second kappa shape index (κ2) is 12.6. The molecule has 3 N–H and O–H groups in total. The van der Waals surface area contributed by atoms with Gasteiger partial charge in [-0.2, -0.15) is 0 Å². The van der Waals surface area contributed by atoms with Gasteiger partial charge in [-0.15, -0.1) is 0 Å². The zero-order valence-corrected chi connectivity index (χ0v) is 24.7. The summed E-state index contributed by atoms with van der Waals surface area (Å²) in [5, 5.41) is 16.7. The molecule has 0 saturated carbocycles. The first kappa shape index (κ1) is 29.9. The topological polar surface area (TPSA) is 116 Å². The largest absolute Gasteiger partial charge is 0.487 e. The molecular formula is C31H41N5O5. The second-order valence-electron chi connectivity index (χ2n) is 11.3. The van der Waals surface area contributed by atoms with Crippen molar-refractivity contribution < 1.29 is 24.2 Å². The van der Waals surface area contributed by atoms with Crippen molar-refractivity contribution in [2.45, 2.75) is 52.3 Å². The van der Waals surface area contributed by atoms with E-state index in [0.29, 0.717) is 30.1 Å². The fourth-order valence-electron chi connectivity index (χ4n) is 5.17. The third-order valence-corrected chi connectivity index (χ3v) is 7.49. The number of aliphatic hydroxyl groups excluding tert-OH is 1. The van der Waals surface area contributed by atoms with Crippen molar-refractivity contribution in [1.29, 1.82) is 0 Å². The van der Waals surface area contributed by atoms with Crippen molar-refractivity contribution in [2.24, 2.45) is 13.0 Å². The van der Waals surface area contributed by atoms with Crippen molar-refractivity contribution >= 4 is 34.4 Å². The first-order valence-corrected chi connectivity index (χ1v) is 14.0. The number of amides is 4. The van der Waals surface area contributed by atoms with Crippen molar-refractivity contribution in [3.63, 3.8) is 0 Å². The summed E-state index contributed by atoms with van der Waals surface area (Å²) >= 11 is 0. The molecule has 4 amide bonds. The van der Waals surface area contributed by atoms with Crippen LogP contribution in [0.25, 0.3) is 10.9 Å². The highest BCUT2D eigenvalue weighted by Crippen LogP contribution is 2.31. The van der Waals surface area contributed by atoms with E-state index < -0.39 is 12.1 Å². The van der Waals surface area contributed by atoms with Crippen LogP contribution in [0.4, 0.5) is 10.5 Å². The van der Waals surface area contributed by atoms with Gasteiger partial charge in [-0.25, -0.2) is 4.79 Å². The van der Waals surface area contributed by atoms with E-state index in [1.165, 1.54) is 0 Å². The minimum absolute atomic E-state index is 0.00545. The molecule has 1 aliphatic heterocycles. The van der Waals surface area contributed by atoms with E-state index in [1.807, 2.05) is 62.8 Å². The number of benzene rings is 2. The van der Waals surface area contributed by atoms with Gasteiger partial charge < -0.3 is 34.8 Å². The van der Waals surface area contributed by atoms with E-state index in [2.05, 4.69) is 10.6 Å². The van der Waals surface area contributed by atoms with Gasteiger partial charge in [0.1, 0.15) is 11.9 Å². The Morgan fingerprint density at radius 2 is 1.90 bits per heavy atom. The van der Waals surface area contributed by atoms with E-state index in [1.54, 1.807) is 42.0 Å². The van der Waals surface area contributed by atoms with Crippen molar-refractivity contribution in [2.75, 3.05) is 32.1 Å². The molecule has 0 fully saturated rings. The number of likely N-dealkylation sites (N-methyl/N-ethyl adjacent to an activating group) is 1. The smallest absolute Gasteiger partial charge is 0.317 e. The maximum absolute atomic E-state index is 13.7. The summed E-state index contributed by atoms with van der Waals surface area (Å²) in [6.07, 6.45) is 1.72. The molecule has 4 rings (SSSR count). The lowest BCUT2D eigenvalue weighted by atomic mass is 9.99. The van der Waals surface area contributed by atoms with E-state index in [9.17, 15) is 19.5 Å². The number of aliphatic hydroxyl groups is 1. The molecule has 3 aromatic rings. The predicted octanol–water partition coefficient (Wildman–Crippen LogP) is 3.63. The fraction of sp³-hybridized carbons (Fsp3) is 0.452. The molecule has 0 saturated heterocycles. The number of para-hydroxylation sites is 1. The molecule has 10 nitrogen and oxygen atoms in total. The molecule has 2 aromatic carbocycles. The Morgan fingerprint density at radius 1 is 1.17 bits per heavy atom. The molecular weight excluding hydrogens is 522 g/mol. The number of nitrogens with zero attached hydrogens (tertiary/aromatic N) is 3. The molecule has 0 radical (unpaired) electrons. The average Bonchev–Trinajstić information content (AvgIpc) is 3.24. The summed E-state index contributed by atoms with van der Waals surface area (Å²) < 4.78 is 8.36. The highest BCUT2D eigenvalue weighted by atomic mass is 16.5. The molecule has 1 aliphatic rings. The summed E-state index contributed by atoms with van der Waals surface area (Å²) in [6.45, 7) is 8.00. The summed E-state index contributed by atoms with van der Waals surface area (Å²) in [5.41, 5.74) is 2.73. The maximum Gasteiger partial charge on any atom is 0.317 e. The number of carbonyl (C=O) groups is 3. The van der Waals surface area contributed by atoms with Crippen LogP contribution < -0.4 is 15.4 Å². The number of fused-ring (bicyclic) bond motifs is 2. The van der Waals surface area contributed by atoms with Gasteiger partial charge in [0.05, 0.1) is 31.2 Å². The lowest BCUT2D eigenvalue weighted by molar-refractivity contribution is -0.115. The van der Waals surface area contributed by atoms with Gasteiger partial charge in [-0.1, -0.05) is 25.1 Å². The summed E-state index contributed by atoms with van der Waals surface area (Å²) in [6, 6.07) is 12.3. The molecule has 1 aromatic heterocycles. The van der Waals surface area contributed by atoms with Crippen LogP contribution in [0.5, 0.6) is 5.75 Å². The van der Waals surface area contributed by atoms with E-state index >= 15 is 0 Å². The summed E-state index contributed by atoms with van der Waals surface area (Å²) in [7, 11) is 3.66. The average molecular weight is 564 g/mol. The molecule has 0 spiro atoms. The highest BCUT2D eigenvalue weighted by Gasteiger charge is 2.34. The fourth-order valence-corrected chi connectivity index (χ4v) is 5.17. The number of anilines is 1. The third kappa shape index (κ3) is 6.82. The second-order valence-corrected chi connectivity index (χ2v) is 11.3. The maximum atomic E-state index is 13.7. The highest BCUT2D eigenvalue weighted by molar-refractivity contribution is 6.00. The van der Waals surface area contributed by atoms with E-state index in [-0.39, 0.29) is 42.8 Å². The van der Waals surface area contributed by atoms with E-state index in [4.69, 9.17) is 4.74 Å².